The van der Waals surface area contributed by atoms with Crippen molar-refractivity contribution in [3.63, 3.8) is 0 Å². The van der Waals surface area contributed by atoms with E-state index in [-0.39, 0.29) is 0 Å². The van der Waals surface area contributed by atoms with Gasteiger partial charge in [0.2, 0.25) is 0 Å². The molecular formula is C13H11N3O3. The van der Waals surface area contributed by atoms with Crippen molar-refractivity contribution >= 4 is 6.09 Å². The van der Waals surface area contributed by atoms with E-state index in [2.05, 4.69) is 10.8 Å². The molecule has 0 unspecified atom stereocenters. The van der Waals surface area contributed by atoms with Crippen LogP contribution in [0.15, 0.2) is 66.3 Å². The molecule has 2 heterocycles. The minimum atomic E-state index is -0.555. The number of benzene rings is 1. The number of hydrogen-bond donors (Lipinski definition) is 2. The van der Waals surface area contributed by atoms with Crippen LogP contribution in [0.2, 0.25) is 0 Å². The lowest BCUT2D eigenvalue weighted by Gasteiger charge is -2.19. The van der Waals surface area contributed by atoms with Crippen LogP contribution in [0.1, 0.15) is 0 Å². The van der Waals surface area contributed by atoms with Gasteiger partial charge in [-0.3, -0.25) is 5.32 Å². The zero-order valence-electron chi connectivity index (χ0n) is 9.87. The predicted molar refractivity (Wildman–Crippen MR) is 67.0 cm³/mol. The van der Waals surface area contributed by atoms with Crippen LogP contribution in [0.4, 0.5) is 4.79 Å². The summed E-state index contributed by atoms with van der Waals surface area (Å²) in [6, 6.07) is 8.86. The van der Waals surface area contributed by atoms with Crippen molar-refractivity contribution in [3.05, 3.63) is 66.3 Å². The van der Waals surface area contributed by atoms with Gasteiger partial charge in [0.05, 0.1) is 11.9 Å². The number of para-hydroxylation sites is 1. The Morgan fingerprint density at radius 1 is 1.32 bits per heavy atom. The third kappa shape index (κ3) is 2.43. The van der Waals surface area contributed by atoms with Crippen LogP contribution in [0.3, 0.4) is 0 Å². The summed E-state index contributed by atoms with van der Waals surface area (Å²) in [6.07, 6.45) is 6.31. The molecule has 0 saturated heterocycles. The molecule has 2 aliphatic heterocycles. The number of carbonyl (C=O) groups excluding carboxylic acids is 1. The minimum Gasteiger partial charge on any atom is -0.410 e. The fourth-order valence-corrected chi connectivity index (χ4v) is 1.70. The number of carbonyl (C=O) groups is 1. The van der Waals surface area contributed by atoms with E-state index < -0.39 is 6.09 Å². The highest BCUT2D eigenvalue weighted by molar-refractivity contribution is 5.73. The summed E-state index contributed by atoms with van der Waals surface area (Å²) >= 11 is 0. The zero-order chi connectivity index (χ0) is 13.1. The molecule has 6 heteroatoms. The summed E-state index contributed by atoms with van der Waals surface area (Å²) < 4.78 is 5.14. The maximum absolute atomic E-state index is 11.8. The summed E-state index contributed by atoms with van der Waals surface area (Å²) in [7, 11) is 0. The fraction of sp³-hybridized carbons (Fsp3) is 0. The molecule has 19 heavy (non-hydrogen) atoms. The quantitative estimate of drug-likeness (QED) is 0.845. The fourth-order valence-electron chi connectivity index (χ4n) is 1.70. The van der Waals surface area contributed by atoms with Gasteiger partial charge in [-0.05, 0) is 24.3 Å². The maximum atomic E-state index is 11.8. The predicted octanol–water partition coefficient (Wildman–Crippen LogP) is 1.78. The molecule has 3 rings (SSSR count). The molecule has 0 radical (unpaired) electrons. The first-order valence-corrected chi connectivity index (χ1v) is 5.67. The van der Waals surface area contributed by atoms with E-state index in [0.29, 0.717) is 17.1 Å². The lowest BCUT2D eigenvalue weighted by Crippen LogP contribution is -2.30. The van der Waals surface area contributed by atoms with Crippen molar-refractivity contribution in [2.75, 3.05) is 0 Å². The van der Waals surface area contributed by atoms with E-state index >= 15 is 0 Å². The molecular weight excluding hydrogens is 246 g/mol. The molecule has 6 nitrogen and oxygen atoms in total. The van der Waals surface area contributed by atoms with Crippen LogP contribution in [-0.2, 0) is 4.94 Å². The number of nitrogens with zero attached hydrogens (tertiary/aromatic N) is 1. The van der Waals surface area contributed by atoms with Crippen molar-refractivity contribution < 1.29 is 14.5 Å². The van der Waals surface area contributed by atoms with Crippen molar-refractivity contribution in [2.45, 2.75) is 0 Å². The Balaban J connectivity index is 1.67. The molecule has 2 aliphatic rings. The molecule has 0 bridgehead atoms. The van der Waals surface area contributed by atoms with E-state index in [0.717, 1.165) is 0 Å². The molecule has 0 aromatic heterocycles. The van der Waals surface area contributed by atoms with Gasteiger partial charge in [0, 0.05) is 6.20 Å². The highest BCUT2D eigenvalue weighted by Gasteiger charge is 2.22. The SMILES string of the molecule is O=C(NC1=CC=CN2ONC=C12)Oc1ccccc1. The van der Waals surface area contributed by atoms with Crippen LogP contribution in [0.25, 0.3) is 0 Å². The molecule has 1 aromatic rings. The molecule has 0 fully saturated rings. The van der Waals surface area contributed by atoms with Crippen LogP contribution in [-0.4, -0.2) is 11.2 Å². The molecule has 2 N–H and O–H groups in total. The second-order valence-electron chi connectivity index (χ2n) is 3.81. The lowest BCUT2D eigenvalue weighted by atomic mass is 10.2. The monoisotopic (exact) mass is 257 g/mol. The molecule has 0 saturated carbocycles. The molecule has 0 atom stereocenters. The summed E-state index contributed by atoms with van der Waals surface area (Å²) in [4.78, 5) is 16.8. The Kier molecular flexibility index (Phi) is 2.91. The molecule has 0 spiro atoms. The van der Waals surface area contributed by atoms with Gasteiger partial charge in [0.25, 0.3) is 0 Å². The Hall–Kier alpha value is -2.73. The smallest absolute Gasteiger partial charge is 0.410 e. The standard InChI is InChI=1S/C13H11N3O3/c17-13(18-10-5-2-1-3-6-10)15-11-7-4-8-16-12(11)9-14-19-16/h1-9,14H,(H,15,17). The third-order valence-corrected chi connectivity index (χ3v) is 2.53. The van der Waals surface area contributed by atoms with Gasteiger partial charge in [-0.15, -0.1) is 0 Å². The van der Waals surface area contributed by atoms with Crippen LogP contribution in [0.5, 0.6) is 5.75 Å². The van der Waals surface area contributed by atoms with Gasteiger partial charge in [0.1, 0.15) is 11.4 Å². The van der Waals surface area contributed by atoms with Crippen molar-refractivity contribution in [1.29, 1.82) is 0 Å². The average molecular weight is 257 g/mol. The summed E-state index contributed by atoms with van der Waals surface area (Å²) in [5.74, 6) is 0.485. The summed E-state index contributed by atoms with van der Waals surface area (Å²) in [6.45, 7) is 0. The van der Waals surface area contributed by atoms with Gasteiger partial charge >= 0.3 is 6.09 Å². The second-order valence-corrected chi connectivity index (χ2v) is 3.81. The van der Waals surface area contributed by atoms with E-state index in [9.17, 15) is 4.79 Å². The Labute approximate surface area is 109 Å². The van der Waals surface area contributed by atoms with Gasteiger partial charge < -0.3 is 4.74 Å². The van der Waals surface area contributed by atoms with Crippen molar-refractivity contribution in [3.8, 4) is 5.75 Å². The first-order valence-electron chi connectivity index (χ1n) is 5.67. The van der Waals surface area contributed by atoms with Gasteiger partial charge in [0.15, 0.2) is 0 Å². The Bertz CT molecular complexity index is 578. The second kappa shape index (κ2) is 4.87. The van der Waals surface area contributed by atoms with Gasteiger partial charge in [-0.1, -0.05) is 18.2 Å². The topological polar surface area (TPSA) is 62.8 Å². The van der Waals surface area contributed by atoms with Crippen molar-refractivity contribution in [2.24, 2.45) is 0 Å². The van der Waals surface area contributed by atoms with Gasteiger partial charge in [-0.25, -0.2) is 15.3 Å². The van der Waals surface area contributed by atoms with E-state index in [1.54, 1.807) is 48.8 Å². The number of hydrogen-bond acceptors (Lipinski definition) is 5. The Morgan fingerprint density at radius 3 is 3.00 bits per heavy atom. The van der Waals surface area contributed by atoms with Crippen LogP contribution in [0, 0.1) is 0 Å². The molecule has 96 valence electrons. The first kappa shape index (κ1) is 11.4. The van der Waals surface area contributed by atoms with E-state index in [1.807, 2.05) is 6.07 Å². The van der Waals surface area contributed by atoms with Crippen LogP contribution >= 0.6 is 0 Å². The summed E-state index contributed by atoms with van der Waals surface area (Å²) in [5, 5.41) is 4.16. The number of fused-ring (bicyclic) bond motifs is 1. The van der Waals surface area contributed by atoms with E-state index in [4.69, 9.17) is 9.68 Å². The molecule has 1 amide bonds. The van der Waals surface area contributed by atoms with Crippen molar-refractivity contribution in [1.82, 2.24) is 15.9 Å². The normalized spacial score (nSPS) is 16.1. The average Bonchev–Trinajstić information content (AvgIpc) is 2.89. The third-order valence-electron chi connectivity index (χ3n) is 2.53. The first-order chi connectivity index (χ1) is 9.33. The highest BCUT2D eigenvalue weighted by Crippen LogP contribution is 2.21. The lowest BCUT2D eigenvalue weighted by molar-refractivity contribution is -0.113. The van der Waals surface area contributed by atoms with Crippen LogP contribution < -0.4 is 15.5 Å². The summed E-state index contributed by atoms with van der Waals surface area (Å²) in [5.41, 5.74) is 3.89. The largest absolute Gasteiger partial charge is 0.417 e. The number of nitrogens with one attached hydrogen (secondary N) is 2. The van der Waals surface area contributed by atoms with E-state index in [1.165, 1.54) is 5.06 Å². The zero-order valence-corrected chi connectivity index (χ0v) is 9.87. The minimum absolute atomic E-state index is 0.485. The highest BCUT2D eigenvalue weighted by atomic mass is 16.8. The Morgan fingerprint density at radius 2 is 2.16 bits per heavy atom. The number of hydroxylamine groups is 3. The number of rotatable bonds is 2. The number of ether oxygens (including phenoxy) is 1. The maximum Gasteiger partial charge on any atom is 0.417 e. The molecule has 0 aliphatic carbocycles. The molecule has 1 aromatic carbocycles. The number of amides is 1. The van der Waals surface area contributed by atoms with Gasteiger partial charge in [-0.2, -0.15) is 4.94 Å². The number of allylic oxidation sites excluding steroid dienone is 2.